The van der Waals surface area contributed by atoms with E-state index in [-0.39, 0.29) is 11.1 Å². The molecule has 1 N–H and O–H groups in total. The molecule has 0 unspecified atom stereocenters. The van der Waals surface area contributed by atoms with Crippen LogP contribution in [0.5, 0.6) is 23.0 Å². The highest BCUT2D eigenvalue weighted by Gasteiger charge is 2.24. The minimum Gasteiger partial charge on any atom is -0.494 e. The average Bonchev–Trinajstić information content (AvgIpc) is 3.29. The Kier molecular flexibility index (Phi) is 8.37. The Balaban J connectivity index is 1.94. The summed E-state index contributed by atoms with van der Waals surface area (Å²) >= 11 is 1.23. The van der Waals surface area contributed by atoms with Gasteiger partial charge in [0.05, 0.1) is 35.0 Å². The second kappa shape index (κ2) is 11.4. The van der Waals surface area contributed by atoms with Crippen molar-refractivity contribution in [3.05, 3.63) is 52.9 Å². The van der Waals surface area contributed by atoms with Gasteiger partial charge in [0.2, 0.25) is 5.75 Å². The highest BCUT2D eigenvalue weighted by Crippen LogP contribution is 2.40. The van der Waals surface area contributed by atoms with Crippen LogP contribution in [-0.2, 0) is 4.74 Å². The first-order valence-corrected chi connectivity index (χ1v) is 11.4. The fraction of sp³-hybridized carbons (Fsp3) is 0.280. The van der Waals surface area contributed by atoms with E-state index in [9.17, 15) is 9.59 Å². The molecule has 1 amide bonds. The molecule has 1 aromatic heterocycles. The van der Waals surface area contributed by atoms with Gasteiger partial charge in [-0.3, -0.25) is 4.79 Å². The predicted octanol–water partition coefficient (Wildman–Crippen LogP) is 5.27. The number of benzene rings is 2. The lowest BCUT2D eigenvalue weighted by molar-refractivity contribution is 0.0603. The SMILES string of the molecule is CCCOc1ccc(-c2csc(NC(=O)c3cc(OC)c(OC)c(OC)c3)c2C(=O)OC)cc1. The third-order valence-electron chi connectivity index (χ3n) is 4.97. The molecule has 0 saturated heterocycles. The summed E-state index contributed by atoms with van der Waals surface area (Å²) in [5.41, 5.74) is 2.00. The zero-order valence-corrected chi connectivity index (χ0v) is 20.5. The van der Waals surface area contributed by atoms with Crippen LogP contribution < -0.4 is 24.3 Å². The zero-order chi connectivity index (χ0) is 24.7. The van der Waals surface area contributed by atoms with Gasteiger partial charge < -0.3 is 29.0 Å². The molecule has 0 aliphatic heterocycles. The van der Waals surface area contributed by atoms with Gasteiger partial charge in [0.15, 0.2) is 11.5 Å². The summed E-state index contributed by atoms with van der Waals surface area (Å²) < 4.78 is 26.6. The number of amides is 1. The van der Waals surface area contributed by atoms with Crippen LogP contribution in [0.1, 0.15) is 34.1 Å². The van der Waals surface area contributed by atoms with Crippen molar-refractivity contribution in [2.75, 3.05) is 40.4 Å². The van der Waals surface area contributed by atoms with E-state index in [0.29, 0.717) is 34.4 Å². The predicted molar refractivity (Wildman–Crippen MR) is 131 cm³/mol. The van der Waals surface area contributed by atoms with Crippen LogP contribution in [0.25, 0.3) is 11.1 Å². The van der Waals surface area contributed by atoms with Gasteiger partial charge in [-0.15, -0.1) is 11.3 Å². The van der Waals surface area contributed by atoms with Gasteiger partial charge in [-0.25, -0.2) is 4.79 Å². The summed E-state index contributed by atoms with van der Waals surface area (Å²) in [4.78, 5) is 25.7. The van der Waals surface area contributed by atoms with Gasteiger partial charge in [-0.05, 0) is 36.2 Å². The lowest BCUT2D eigenvalue weighted by atomic mass is 10.0. The maximum atomic E-state index is 13.1. The fourth-order valence-corrected chi connectivity index (χ4v) is 4.26. The normalized spacial score (nSPS) is 10.4. The Hall–Kier alpha value is -3.72. The van der Waals surface area contributed by atoms with E-state index in [2.05, 4.69) is 5.32 Å². The molecule has 0 spiro atoms. The van der Waals surface area contributed by atoms with Gasteiger partial charge >= 0.3 is 5.97 Å². The quantitative estimate of drug-likeness (QED) is 0.391. The van der Waals surface area contributed by atoms with Crippen LogP contribution in [0.3, 0.4) is 0 Å². The van der Waals surface area contributed by atoms with Gasteiger partial charge in [0, 0.05) is 16.5 Å². The maximum absolute atomic E-state index is 13.1. The standard InChI is InChI=1S/C25H27NO7S/c1-6-11-33-17-9-7-15(8-10-17)18-14-34-24(21(18)25(28)32-5)26-23(27)16-12-19(29-2)22(31-4)20(13-16)30-3/h7-10,12-14H,6,11H2,1-5H3,(H,26,27). The second-order valence-electron chi connectivity index (χ2n) is 7.09. The number of nitrogens with one attached hydrogen (secondary N) is 1. The first-order chi connectivity index (χ1) is 16.5. The van der Waals surface area contributed by atoms with Gasteiger partial charge in [0.25, 0.3) is 5.91 Å². The Labute approximate surface area is 202 Å². The number of anilines is 1. The van der Waals surface area contributed by atoms with E-state index >= 15 is 0 Å². The summed E-state index contributed by atoms with van der Waals surface area (Å²) in [6, 6.07) is 10.5. The van der Waals surface area contributed by atoms with Crippen molar-refractivity contribution >= 4 is 28.2 Å². The van der Waals surface area contributed by atoms with E-state index < -0.39 is 11.9 Å². The summed E-state index contributed by atoms with van der Waals surface area (Å²) in [7, 11) is 5.73. The Morgan fingerprint density at radius 2 is 1.59 bits per heavy atom. The van der Waals surface area contributed by atoms with E-state index in [1.807, 2.05) is 31.2 Å². The molecule has 0 bridgehead atoms. The van der Waals surface area contributed by atoms with Gasteiger partial charge in [-0.1, -0.05) is 19.1 Å². The number of thiophene rings is 1. The molecule has 34 heavy (non-hydrogen) atoms. The molecule has 0 fully saturated rings. The van der Waals surface area contributed by atoms with Crippen LogP contribution in [0, 0.1) is 0 Å². The Morgan fingerprint density at radius 1 is 0.941 bits per heavy atom. The molecule has 1 heterocycles. The van der Waals surface area contributed by atoms with Crippen molar-refractivity contribution < 1.29 is 33.3 Å². The maximum Gasteiger partial charge on any atom is 0.341 e. The topological polar surface area (TPSA) is 92.3 Å². The molecule has 180 valence electrons. The monoisotopic (exact) mass is 485 g/mol. The van der Waals surface area contributed by atoms with Crippen molar-refractivity contribution in [3.63, 3.8) is 0 Å². The Bertz CT molecular complexity index is 1130. The number of esters is 1. The Morgan fingerprint density at radius 3 is 2.12 bits per heavy atom. The molecule has 3 aromatic rings. The fourth-order valence-electron chi connectivity index (χ4n) is 3.31. The molecule has 8 nitrogen and oxygen atoms in total. The van der Waals surface area contributed by atoms with E-state index in [1.54, 1.807) is 5.38 Å². The van der Waals surface area contributed by atoms with Gasteiger partial charge in [-0.2, -0.15) is 0 Å². The lowest BCUT2D eigenvalue weighted by Gasteiger charge is -2.14. The second-order valence-corrected chi connectivity index (χ2v) is 7.97. The number of methoxy groups -OCH3 is 4. The highest BCUT2D eigenvalue weighted by molar-refractivity contribution is 7.15. The van der Waals surface area contributed by atoms with E-state index in [4.69, 9.17) is 23.7 Å². The average molecular weight is 486 g/mol. The summed E-state index contributed by atoms with van der Waals surface area (Å²) in [5.74, 6) is 0.816. The van der Waals surface area contributed by atoms with Crippen LogP contribution in [0.2, 0.25) is 0 Å². The van der Waals surface area contributed by atoms with Crippen molar-refractivity contribution in [2.24, 2.45) is 0 Å². The van der Waals surface area contributed by atoms with Crippen LogP contribution in [-0.4, -0.2) is 46.9 Å². The number of hydrogen-bond acceptors (Lipinski definition) is 8. The number of rotatable bonds is 10. The molecule has 0 aliphatic rings. The molecule has 0 saturated carbocycles. The van der Waals surface area contributed by atoms with Crippen molar-refractivity contribution in [1.29, 1.82) is 0 Å². The summed E-state index contributed by atoms with van der Waals surface area (Å²) in [5, 5.41) is 4.99. The number of ether oxygens (including phenoxy) is 5. The summed E-state index contributed by atoms with van der Waals surface area (Å²) in [6.07, 6.45) is 0.910. The number of hydrogen-bond donors (Lipinski definition) is 1. The van der Waals surface area contributed by atoms with Gasteiger partial charge in [0.1, 0.15) is 16.3 Å². The molecule has 3 rings (SSSR count). The highest BCUT2D eigenvalue weighted by atomic mass is 32.1. The molecule has 0 atom stereocenters. The number of carbonyl (C=O) groups is 2. The smallest absolute Gasteiger partial charge is 0.341 e. The van der Waals surface area contributed by atoms with Crippen molar-refractivity contribution in [2.45, 2.75) is 13.3 Å². The lowest BCUT2D eigenvalue weighted by Crippen LogP contribution is -2.14. The third kappa shape index (κ3) is 5.26. The molecule has 0 radical (unpaired) electrons. The molecular formula is C25H27NO7S. The van der Waals surface area contributed by atoms with Crippen LogP contribution in [0.4, 0.5) is 5.00 Å². The molecule has 0 aliphatic carbocycles. The van der Waals surface area contributed by atoms with E-state index in [1.165, 1.54) is 51.9 Å². The molecule has 9 heteroatoms. The minimum atomic E-state index is -0.553. The van der Waals surface area contributed by atoms with Crippen LogP contribution in [0.15, 0.2) is 41.8 Å². The van der Waals surface area contributed by atoms with Crippen LogP contribution >= 0.6 is 11.3 Å². The largest absolute Gasteiger partial charge is 0.494 e. The first kappa shape index (κ1) is 24.9. The zero-order valence-electron chi connectivity index (χ0n) is 19.7. The summed E-state index contributed by atoms with van der Waals surface area (Å²) in [6.45, 7) is 2.67. The molecular weight excluding hydrogens is 458 g/mol. The van der Waals surface area contributed by atoms with Crippen molar-refractivity contribution in [1.82, 2.24) is 0 Å². The minimum absolute atomic E-state index is 0.274. The molecule has 2 aromatic carbocycles. The van der Waals surface area contributed by atoms with Crippen molar-refractivity contribution in [3.8, 4) is 34.1 Å². The first-order valence-electron chi connectivity index (χ1n) is 10.5. The third-order valence-corrected chi connectivity index (χ3v) is 5.87. The number of carbonyl (C=O) groups excluding carboxylic acids is 2. The van der Waals surface area contributed by atoms with E-state index in [0.717, 1.165) is 17.7 Å².